The number of likely N-dealkylation sites (N-methyl/N-ethyl adjacent to an activating group) is 1. The van der Waals surface area contributed by atoms with E-state index < -0.39 is 0 Å². The number of morpholine rings is 1. The van der Waals surface area contributed by atoms with Gasteiger partial charge in [0.2, 0.25) is 5.91 Å². The first-order valence-electron chi connectivity index (χ1n) is 11.4. The van der Waals surface area contributed by atoms with Gasteiger partial charge in [0.1, 0.15) is 12.4 Å². The summed E-state index contributed by atoms with van der Waals surface area (Å²) in [5, 5.41) is 11.6. The van der Waals surface area contributed by atoms with Crippen molar-refractivity contribution >= 4 is 11.9 Å². The van der Waals surface area contributed by atoms with Crippen molar-refractivity contribution in [2.24, 2.45) is 4.99 Å². The molecule has 0 radical (unpaired) electrons. The molecule has 10 nitrogen and oxygen atoms in total. The van der Waals surface area contributed by atoms with Crippen LogP contribution in [0, 0.1) is 0 Å². The Morgan fingerprint density at radius 1 is 1.32 bits per heavy atom. The quantitative estimate of drug-likeness (QED) is 0.339. The first-order valence-corrected chi connectivity index (χ1v) is 11.4. The van der Waals surface area contributed by atoms with Gasteiger partial charge in [-0.1, -0.05) is 13.8 Å². The standard InChI is InChI=1S/C21H38N8O2/c1-16(2)20-25-18-7-6-17(15-29(18)26-20)24-21(23-14-19(30)27(3)4)22-8-5-9-28-10-12-31-13-11-28/h16-17H,5-15H2,1-4H3,(H2,22,23,24). The van der Waals surface area contributed by atoms with E-state index in [1.165, 1.54) is 0 Å². The van der Waals surface area contributed by atoms with Crippen LogP contribution in [-0.2, 0) is 22.5 Å². The lowest BCUT2D eigenvalue weighted by Gasteiger charge is -2.27. The third kappa shape index (κ3) is 7.17. The largest absolute Gasteiger partial charge is 0.379 e. The van der Waals surface area contributed by atoms with Crippen molar-refractivity contribution in [2.45, 2.75) is 51.6 Å². The summed E-state index contributed by atoms with van der Waals surface area (Å²) in [6.07, 6.45) is 2.86. The van der Waals surface area contributed by atoms with Crippen LogP contribution in [0.4, 0.5) is 0 Å². The third-order valence-electron chi connectivity index (χ3n) is 5.65. The number of amides is 1. The molecule has 2 N–H and O–H groups in total. The molecule has 174 valence electrons. The number of rotatable bonds is 8. The molecule has 0 bridgehead atoms. The Bertz CT molecular complexity index is 740. The highest BCUT2D eigenvalue weighted by Crippen LogP contribution is 2.16. The van der Waals surface area contributed by atoms with Crippen LogP contribution in [0.15, 0.2) is 4.99 Å². The molecule has 1 amide bonds. The fourth-order valence-corrected chi connectivity index (χ4v) is 3.66. The number of fused-ring (bicyclic) bond motifs is 1. The van der Waals surface area contributed by atoms with Gasteiger partial charge in [0.25, 0.3) is 0 Å². The third-order valence-corrected chi connectivity index (χ3v) is 5.65. The number of guanidine groups is 1. The van der Waals surface area contributed by atoms with Crippen molar-refractivity contribution in [3.05, 3.63) is 11.6 Å². The average molecular weight is 435 g/mol. The van der Waals surface area contributed by atoms with Crippen LogP contribution >= 0.6 is 0 Å². The topological polar surface area (TPSA) is 99.9 Å². The Balaban J connectivity index is 1.54. The molecule has 0 spiro atoms. The summed E-state index contributed by atoms with van der Waals surface area (Å²) in [5.41, 5.74) is 0. The molecule has 1 atom stereocenters. The Kier molecular flexibility index (Phi) is 8.65. The van der Waals surface area contributed by atoms with Crippen LogP contribution in [0.3, 0.4) is 0 Å². The monoisotopic (exact) mass is 434 g/mol. The number of aliphatic imine (C=N–C) groups is 1. The lowest BCUT2D eigenvalue weighted by atomic mass is 10.1. The fourth-order valence-electron chi connectivity index (χ4n) is 3.66. The highest BCUT2D eigenvalue weighted by molar-refractivity contribution is 5.84. The van der Waals surface area contributed by atoms with Crippen LogP contribution in [0.5, 0.6) is 0 Å². The van der Waals surface area contributed by atoms with E-state index in [1.807, 2.05) is 4.68 Å². The first-order chi connectivity index (χ1) is 14.9. The average Bonchev–Trinajstić information content (AvgIpc) is 3.19. The van der Waals surface area contributed by atoms with Gasteiger partial charge in [-0.25, -0.2) is 14.7 Å². The molecular weight excluding hydrogens is 396 g/mol. The highest BCUT2D eigenvalue weighted by Gasteiger charge is 2.23. The maximum Gasteiger partial charge on any atom is 0.243 e. The molecule has 1 aromatic rings. The number of aromatic nitrogens is 3. The van der Waals surface area contributed by atoms with Gasteiger partial charge in [-0.3, -0.25) is 9.69 Å². The molecule has 0 aliphatic carbocycles. The van der Waals surface area contributed by atoms with E-state index in [0.29, 0.717) is 11.9 Å². The first kappa shape index (κ1) is 23.5. The normalized spacial score (nSPS) is 19.9. The summed E-state index contributed by atoms with van der Waals surface area (Å²) >= 11 is 0. The molecule has 1 saturated heterocycles. The van der Waals surface area contributed by atoms with E-state index in [2.05, 4.69) is 44.5 Å². The summed E-state index contributed by atoms with van der Waals surface area (Å²) in [4.78, 5) is 25.2. The number of hydrogen-bond donors (Lipinski definition) is 2. The van der Waals surface area contributed by atoms with Gasteiger partial charge < -0.3 is 20.3 Å². The van der Waals surface area contributed by atoms with E-state index in [4.69, 9.17) is 4.74 Å². The van der Waals surface area contributed by atoms with Crippen molar-refractivity contribution in [3.63, 3.8) is 0 Å². The maximum absolute atomic E-state index is 12.0. The van der Waals surface area contributed by atoms with Gasteiger partial charge in [-0.2, -0.15) is 5.10 Å². The van der Waals surface area contributed by atoms with Gasteiger partial charge in [-0.15, -0.1) is 0 Å². The van der Waals surface area contributed by atoms with Crippen molar-refractivity contribution < 1.29 is 9.53 Å². The van der Waals surface area contributed by atoms with Crippen molar-refractivity contribution in [1.82, 2.24) is 35.2 Å². The zero-order chi connectivity index (χ0) is 22.2. The van der Waals surface area contributed by atoms with Crippen molar-refractivity contribution in [1.29, 1.82) is 0 Å². The smallest absolute Gasteiger partial charge is 0.243 e. The Hall–Kier alpha value is -2.20. The van der Waals surface area contributed by atoms with Gasteiger partial charge in [0.15, 0.2) is 11.8 Å². The zero-order valence-corrected chi connectivity index (χ0v) is 19.4. The van der Waals surface area contributed by atoms with Gasteiger partial charge in [-0.05, 0) is 19.4 Å². The number of carbonyl (C=O) groups excluding carboxylic acids is 1. The second kappa shape index (κ2) is 11.4. The number of aryl methyl sites for hydroxylation is 1. The number of nitrogens with zero attached hydrogens (tertiary/aromatic N) is 6. The molecule has 0 saturated carbocycles. The summed E-state index contributed by atoms with van der Waals surface area (Å²) in [6, 6.07) is 0.203. The predicted molar refractivity (Wildman–Crippen MR) is 120 cm³/mol. The van der Waals surface area contributed by atoms with E-state index >= 15 is 0 Å². The summed E-state index contributed by atoms with van der Waals surface area (Å²) < 4.78 is 7.42. The molecule has 0 aromatic carbocycles. The minimum absolute atomic E-state index is 0.0156. The van der Waals surface area contributed by atoms with Crippen LogP contribution in [0.1, 0.15) is 44.3 Å². The van der Waals surface area contributed by atoms with Crippen LogP contribution < -0.4 is 10.6 Å². The number of carbonyl (C=O) groups is 1. The minimum Gasteiger partial charge on any atom is -0.379 e. The molecule has 2 aliphatic rings. The number of hydrogen-bond acceptors (Lipinski definition) is 6. The minimum atomic E-state index is -0.0156. The Morgan fingerprint density at radius 2 is 2.10 bits per heavy atom. The second-order valence-corrected chi connectivity index (χ2v) is 8.79. The van der Waals surface area contributed by atoms with Crippen molar-refractivity contribution in [3.8, 4) is 0 Å². The zero-order valence-electron chi connectivity index (χ0n) is 19.4. The van der Waals surface area contributed by atoms with E-state index in [9.17, 15) is 4.79 Å². The van der Waals surface area contributed by atoms with E-state index in [1.54, 1.807) is 19.0 Å². The van der Waals surface area contributed by atoms with Crippen molar-refractivity contribution in [2.75, 3.05) is 60.0 Å². The van der Waals surface area contributed by atoms with Gasteiger partial charge in [0.05, 0.1) is 19.8 Å². The van der Waals surface area contributed by atoms with E-state index in [-0.39, 0.29) is 18.5 Å². The molecule has 1 fully saturated rings. The van der Waals surface area contributed by atoms with E-state index in [0.717, 1.165) is 76.8 Å². The predicted octanol–water partition coefficient (Wildman–Crippen LogP) is 0.0620. The lowest BCUT2D eigenvalue weighted by Crippen LogP contribution is -2.48. The van der Waals surface area contributed by atoms with Crippen LogP contribution in [0.2, 0.25) is 0 Å². The van der Waals surface area contributed by atoms with Gasteiger partial charge >= 0.3 is 0 Å². The van der Waals surface area contributed by atoms with Gasteiger partial charge in [0, 0.05) is 52.1 Å². The number of ether oxygens (including phenoxy) is 1. The second-order valence-electron chi connectivity index (χ2n) is 8.79. The van der Waals surface area contributed by atoms with Crippen LogP contribution in [-0.4, -0.2) is 103 Å². The SMILES string of the molecule is CC(C)c1nc2n(n1)CC(NC(=NCC(=O)N(C)C)NCCCN1CCOCC1)CC2. The highest BCUT2D eigenvalue weighted by atomic mass is 16.5. The Labute approximate surface area is 185 Å². The molecule has 31 heavy (non-hydrogen) atoms. The fraction of sp³-hybridized carbons (Fsp3) is 0.810. The molecular formula is C21H38N8O2. The molecule has 1 unspecified atom stereocenters. The van der Waals surface area contributed by atoms with Crippen LogP contribution in [0.25, 0.3) is 0 Å². The summed E-state index contributed by atoms with van der Waals surface area (Å²) in [7, 11) is 3.50. The molecule has 3 rings (SSSR count). The summed E-state index contributed by atoms with van der Waals surface area (Å²) in [5.74, 6) is 2.96. The molecule has 10 heteroatoms. The Morgan fingerprint density at radius 3 is 2.81 bits per heavy atom. The molecule has 2 aliphatic heterocycles. The lowest BCUT2D eigenvalue weighted by molar-refractivity contribution is -0.127. The molecule has 3 heterocycles. The molecule has 1 aromatic heterocycles. The maximum atomic E-state index is 12.0. The number of nitrogens with one attached hydrogen (secondary N) is 2. The summed E-state index contributed by atoms with van der Waals surface area (Å²) in [6.45, 7) is 10.6.